The van der Waals surface area contributed by atoms with Gasteiger partial charge in [-0.05, 0) is 11.8 Å². The van der Waals surface area contributed by atoms with Crippen LogP contribution in [0.15, 0.2) is 0 Å². The number of nitrogens with zero attached hydrogens (tertiary/aromatic N) is 1. The maximum atomic E-state index is 4.24. The van der Waals surface area contributed by atoms with Gasteiger partial charge in [-0.15, -0.1) is 0 Å². The van der Waals surface area contributed by atoms with Crippen LogP contribution in [0.5, 0.6) is 0 Å². The minimum atomic E-state index is 0.840. The molecule has 1 nitrogen and oxygen atoms in total. The summed E-state index contributed by atoms with van der Waals surface area (Å²) >= 11 is 4.24. The van der Waals surface area contributed by atoms with Crippen LogP contribution in [-0.4, -0.2) is 17.4 Å². The number of rotatable bonds is 0. The highest BCUT2D eigenvalue weighted by molar-refractivity contribution is 7.77. The SMILES string of the molecule is CC1CN(S)CC1C. The Morgan fingerprint density at radius 3 is 1.75 bits per heavy atom. The van der Waals surface area contributed by atoms with Crippen molar-refractivity contribution in [3.8, 4) is 0 Å². The van der Waals surface area contributed by atoms with Crippen LogP contribution in [0, 0.1) is 11.8 Å². The Hall–Kier alpha value is 0.310. The minimum Gasteiger partial charge on any atom is -0.253 e. The lowest BCUT2D eigenvalue weighted by Crippen LogP contribution is -2.05. The van der Waals surface area contributed by atoms with Crippen molar-refractivity contribution in [1.29, 1.82) is 0 Å². The third-order valence-electron chi connectivity index (χ3n) is 1.97. The molecule has 48 valence electrons. The molecule has 0 N–H and O–H groups in total. The average Bonchev–Trinajstić information content (AvgIpc) is 1.85. The average molecular weight is 131 g/mol. The summed E-state index contributed by atoms with van der Waals surface area (Å²) in [5, 5.41) is 0. The van der Waals surface area contributed by atoms with Gasteiger partial charge in [-0.3, -0.25) is 4.31 Å². The van der Waals surface area contributed by atoms with Crippen LogP contribution in [0.4, 0.5) is 0 Å². The van der Waals surface area contributed by atoms with E-state index < -0.39 is 0 Å². The summed E-state index contributed by atoms with van der Waals surface area (Å²) < 4.78 is 2.09. The third kappa shape index (κ3) is 1.17. The molecule has 1 fully saturated rings. The topological polar surface area (TPSA) is 3.24 Å². The normalized spacial score (nSPS) is 40.9. The second-order valence-electron chi connectivity index (χ2n) is 2.83. The first-order valence-electron chi connectivity index (χ1n) is 3.14. The predicted molar refractivity (Wildman–Crippen MR) is 38.9 cm³/mol. The van der Waals surface area contributed by atoms with Gasteiger partial charge in [-0.1, -0.05) is 26.7 Å². The molecule has 0 aromatic heterocycles. The highest BCUT2D eigenvalue weighted by atomic mass is 32.1. The van der Waals surface area contributed by atoms with Crippen LogP contribution in [0.3, 0.4) is 0 Å². The quantitative estimate of drug-likeness (QED) is 0.487. The van der Waals surface area contributed by atoms with E-state index in [1.54, 1.807) is 0 Å². The van der Waals surface area contributed by atoms with Gasteiger partial charge >= 0.3 is 0 Å². The smallest absolute Gasteiger partial charge is 0.0116 e. The third-order valence-corrected chi connectivity index (χ3v) is 2.30. The largest absolute Gasteiger partial charge is 0.253 e. The molecule has 2 heteroatoms. The van der Waals surface area contributed by atoms with Crippen molar-refractivity contribution in [2.24, 2.45) is 11.8 Å². The Bertz CT molecular complexity index is 74.6. The Balaban J connectivity index is 2.39. The zero-order valence-electron chi connectivity index (χ0n) is 5.46. The van der Waals surface area contributed by atoms with Crippen LogP contribution in [0.25, 0.3) is 0 Å². The summed E-state index contributed by atoms with van der Waals surface area (Å²) in [5.74, 6) is 1.68. The van der Waals surface area contributed by atoms with Crippen molar-refractivity contribution in [1.82, 2.24) is 4.31 Å². The van der Waals surface area contributed by atoms with Gasteiger partial charge < -0.3 is 0 Å². The molecule has 0 saturated carbocycles. The number of hydrogen-bond acceptors (Lipinski definition) is 2. The van der Waals surface area contributed by atoms with Crippen LogP contribution >= 0.6 is 12.8 Å². The second-order valence-corrected chi connectivity index (χ2v) is 3.39. The van der Waals surface area contributed by atoms with Crippen LogP contribution in [-0.2, 0) is 0 Å². The molecular formula is C6H13NS. The lowest BCUT2D eigenvalue weighted by Gasteiger charge is -2.03. The van der Waals surface area contributed by atoms with E-state index in [2.05, 4.69) is 31.0 Å². The van der Waals surface area contributed by atoms with Gasteiger partial charge in [0.25, 0.3) is 0 Å². The molecule has 0 aliphatic carbocycles. The highest BCUT2D eigenvalue weighted by Crippen LogP contribution is 2.22. The summed E-state index contributed by atoms with van der Waals surface area (Å²) in [7, 11) is 0. The van der Waals surface area contributed by atoms with E-state index in [4.69, 9.17) is 0 Å². The molecular weight excluding hydrogens is 118 g/mol. The molecule has 0 aromatic carbocycles. The van der Waals surface area contributed by atoms with Gasteiger partial charge in [0.1, 0.15) is 0 Å². The first-order chi connectivity index (χ1) is 3.70. The first-order valence-corrected chi connectivity index (χ1v) is 3.54. The fourth-order valence-corrected chi connectivity index (χ4v) is 1.61. The lowest BCUT2D eigenvalue weighted by molar-refractivity contribution is 0.494. The Kier molecular flexibility index (Phi) is 1.83. The van der Waals surface area contributed by atoms with E-state index in [0.717, 1.165) is 24.9 Å². The van der Waals surface area contributed by atoms with Crippen molar-refractivity contribution in [2.75, 3.05) is 13.1 Å². The molecule has 0 aromatic rings. The van der Waals surface area contributed by atoms with E-state index in [9.17, 15) is 0 Å². The molecule has 1 aliphatic rings. The summed E-state index contributed by atoms with van der Waals surface area (Å²) in [6.07, 6.45) is 0. The van der Waals surface area contributed by atoms with E-state index in [1.165, 1.54) is 0 Å². The van der Waals surface area contributed by atoms with Crippen LogP contribution in [0.1, 0.15) is 13.8 Å². The fraction of sp³-hybridized carbons (Fsp3) is 1.00. The van der Waals surface area contributed by atoms with Gasteiger partial charge in [-0.25, -0.2) is 0 Å². The second kappa shape index (κ2) is 2.28. The van der Waals surface area contributed by atoms with Gasteiger partial charge in [-0.2, -0.15) is 0 Å². The van der Waals surface area contributed by atoms with Gasteiger partial charge in [0.05, 0.1) is 0 Å². The molecule has 0 radical (unpaired) electrons. The molecule has 0 bridgehead atoms. The summed E-state index contributed by atoms with van der Waals surface area (Å²) in [5.41, 5.74) is 0. The van der Waals surface area contributed by atoms with E-state index in [1.807, 2.05) is 0 Å². The highest BCUT2D eigenvalue weighted by Gasteiger charge is 2.23. The van der Waals surface area contributed by atoms with E-state index in [0.29, 0.717) is 0 Å². The molecule has 1 heterocycles. The maximum absolute atomic E-state index is 4.24. The van der Waals surface area contributed by atoms with Crippen molar-refractivity contribution < 1.29 is 0 Å². The molecule has 1 saturated heterocycles. The Labute approximate surface area is 56.6 Å². The summed E-state index contributed by atoms with van der Waals surface area (Å²) in [6.45, 7) is 6.87. The van der Waals surface area contributed by atoms with Gasteiger partial charge in [0.2, 0.25) is 0 Å². The minimum absolute atomic E-state index is 0.840. The number of hydrogen-bond donors (Lipinski definition) is 1. The van der Waals surface area contributed by atoms with Gasteiger partial charge in [0.15, 0.2) is 0 Å². The maximum Gasteiger partial charge on any atom is 0.0116 e. The molecule has 0 spiro atoms. The molecule has 1 aliphatic heterocycles. The molecule has 1 rings (SSSR count). The zero-order chi connectivity index (χ0) is 6.15. The molecule has 2 unspecified atom stereocenters. The lowest BCUT2D eigenvalue weighted by atomic mass is 10.0. The van der Waals surface area contributed by atoms with Crippen molar-refractivity contribution in [2.45, 2.75) is 13.8 Å². The van der Waals surface area contributed by atoms with Crippen LogP contribution in [0.2, 0.25) is 0 Å². The van der Waals surface area contributed by atoms with Crippen molar-refractivity contribution >= 4 is 12.8 Å². The van der Waals surface area contributed by atoms with E-state index in [-0.39, 0.29) is 0 Å². The molecule has 0 amide bonds. The zero-order valence-corrected chi connectivity index (χ0v) is 6.36. The monoisotopic (exact) mass is 131 g/mol. The van der Waals surface area contributed by atoms with Crippen molar-refractivity contribution in [3.05, 3.63) is 0 Å². The molecule has 8 heavy (non-hydrogen) atoms. The molecule has 2 atom stereocenters. The summed E-state index contributed by atoms with van der Waals surface area (Å²) in [4.78, 5) is 0. The summed E-state index contributed by atoms with van der Waals surface area (Å²) in [6, 6.07) is 0. The van der Waals surface area contributed by atoms with E-state index >= 15 is 0 Å². The van der Waals surface area contributed by atoms with Crippen molar-refractivity contribution in [3.63, 3.8) is 0 Å². The Morgan fingerprint density at radius 2 is 1.62 bits per heavy atom. The first kappa shape index (κ1) is 6.43. The standard InChI is InChI=1S/C6H13NS/c1-5-3-7(8)4-6(5)2/h5-6,8H,3-4H2,1-2H3. The fourth-order valence-electron chi connectivity index (χ4n) is 1.10. The predicted octanol–water partition coefficient (Wildman–Crippen LogP) is 1.42. The number of thiol groups is 1. The van der Waals surface area contributed by atoms with Crippen LogP contribution < -0.4 is 0 Å². The van der Waals surface area contributed by atoms with Gasteiger partial charge in [0, 0.05) is 13.1 Å². The Morgan fingerprint density at radius 1 is 1.25 bits per heavy atom.